The van der Waals surface area contributed by atoms with E-state index in [4.69, 9.17) is 9.47 Å². The Morgan fingerprint density at radius 1 is 0.467 bits per heavy atom. The van der Waals surface area contributed by atoms with Crippen molar-refractivity contribution in [2.45, 2.75) is 206 Å². The van der Waals surface area contributed by atoms with E-state index in [1.807, 2.05) is 0 Å². The van der Waals surface area contributed by atoms with Gasteiger partial charge in [0.15, 0.2) is 0 Å². The molecule has 0 aromatic heterocycles. The van der Waals surface area contributed by atoms with Crippen LogP contribution in [0.4, 0.5) is 0 Å². The van der Waals surface area contributed by atoms with Gasteiger partial charge in [-0.2, -0.15) is 0 Å². The highest BCUT2D eigenvalue weighted by molar-refractivity contribution is 5.69. The molecule has 0 radical (unpaired) electrons. The Morgan fingerprint density at radius 2 is 0.778 bits per heavy atom. The maximum atomic E-state index is 12.0. The van der Waals surface area contributed by atoms with Crippen LogP contribution in [0.3, 0.4) is 0 Å². The predicted molar refractivity (Wildman–Crippen MR) is 191 cm³/mol. The number of aliphatic hydroxyl groups excluding tert-OH is 1. The molecular weight excluding hydrogens is 560 g/mol. The molecule has 0 amide bonds. The van der Waals surface area contributed by atoms with Crippen LogP contribution in [-0.2, 0) is 19.1 Å². The van der Waals surface area contributed by atoms with Crippen LogP contribution in [0.25, 0.3) is 0 Å². The summed E-state index contributed by atoms with van der Waals surface area (Å²) in [5.74, 6) is -0.574. The molecule has 0 aromatic carbocycles. The molecule has 0 aromatic rings. The van der Waals surface area contributed by atoms with Crippen molar-refractivity contribution < 1.29 is 24.2 Å². The lowest BCUT2D eigenvalue weighted by atomic mass is 10.0. The van der Waals surface area contributed by atoms with E-state index in [2.05, 4.69) is 38.2 Å². The first-order valence-electron chi connectivity index (χ1n) is 19.4. The van der Waals surface area contributed by atoms with Gasteiger partial charge >= 0.3 is 11.9 Å². The van der Waals surface area contributed by atoms with Crippen molar-refractivity contribution in [2.24, 2.45) is 0 Å². The number of rotatable bonds is 35. The van der Waals surface area contributed by atoms with Crippen LogP contribution < -0.4 is 0 Å². The van der Waals surface area contributed by atoms with Crippen molar-refractivity contribution in [3.8, 4) is 0 Å². The smallest absolute Gasteiger partial charge is 0.305 e. The maximum absolute atomic E-state index is 12.0. The summed E-state index contributed by atoms with van der Waals surface area (Å²) in [4.78, 5) is 23.9. The molecule has 45 heavy (non-hydrogen) atoms. The lowest BCUT2D eigenvalue weighted by molar-refractivity contribution is -0.152. The van der Waals surface area contributed by atoms with Gasteiger partial charge in [-0.3, -0.25) is 9.59 Å². The molecule has 1 atom stereocenters. The van der Waals surface area contributed by atoms with Crippen LogP contribution in [0.2, 0.25) is 0 Å². The fourth-order valence-corrected chi connectivity index (χ4v) is 5.47. The van der Waals surface area contributed by atoms with Gasteiger partial charge in [-0.25, -0.2) is 0 Å². The molecule has 0 unspecified atom stereocenters. The van der Waals surface area contributed by atoms with Gasteiger partial charge in [-0.05, 0) is 44.9 Å². The van der Waals surface area contributed by atoms with Crippen molar-refractivity contribution >= 4 is 11.9 Å². The summed E-state index contributed by atoms with van der Waals surface area (Å²) in [5.41, 5.74) is 0. The molecule has 0 rings (SSSR count). The van der Waals surface area contributed by atoms with E-state index in [1.165, 1.54) is 128 Å². The third-order valence-corrected chi connectivity index (χ3v) is 8.44. The maximum Gasteiger partial charge on any atom is 0.305 e. The Labute approximate surface area is 279 Å². The minimum absolute atomic E-state index is 0.116. The summed E-state index contributed by atoms with van der Waals surface area (Å²) in [5, 5.41) is 10.00. The van der Waals surface area contributed by atoms with Crippen LogP contribution in [0.15, 0.2) is 24.3 Å². The molecule has 5 heteroatoms. The Bertz CT molecular complexity index is 686. The van der Waals surface area contributed by atoms with Crippen LogP contribution in [0.1, 0.15) is 200 Å². The molecule has 264 valence electrons. The number of aliphatic hydroxyl groups is 1. The minimum Gasteiger partial charge on any atom is -0.463 e. The number of allylic oxidation sites excluding steroid dienone is 4. The van der Waals surface area contributed by atoms with Crippen LogP contribution in [0.5, 0.6) is 0 Å². The molecule has 0 bridgehead atoms. The molecule has 0 fully saturated rings. The molecule has 0 saturated heterocycles. The predicted octanol–water partition coefficient (Wildman–Crippen LogP) is 11.9. The number of hydrogen-bond donors (Lipinski definition) is 1. The SMILES string of the molecule is CCCCC/C=C/C/C=C\CCCCCCCC(=O)OC[C@H](O)COC(=O)CCCCCCCCCCCCCCCCCC. The molecular formula is C40H74O5. The van der Waals surface area contributed by atoms with Crippen molar-refractivity contribution in [2.75, 3.05) is 13.2 Å². The lowest BCUT2D eigenvalue weighted by Gasteiger charge is -2.12. The third kappa shape index (κ3) is 36.7. The zero-order chi connectivity index (χ0) is 32.9. The molecule has 0 spiro atoms. The van der Waals surface area contributed by atoms with Crippen molar-refractivity contribution in [3.05, 3.63) is 24.3 Å². The summed E-state index contributed by atoms with van der Waals surface area (Å²) in [6.45, 7) is 4.27. The van der Waals surface area contributed by atoms with Gasteiger partial charge in [0, 0.05) is 12.8 Å². The highest BCUT2D eigenvalue weighted by atomic mass is 16.6. The Kier molecular flexibility index (Phi) is 35.5. The fourth-order valence-electron chi connectivity index (χ4n) is 5.47. The van der Waals surface area contributed by atoms with E-state index in [1.54, 1.807) is 0 Å². The number of hydrogen-bond acceptors (Lipinski definition) is 5. The van der Waals surface area contributed by atoms with Crippen molar-refractivity contribution in [1.82, 2.24) is 0 Å². The Balaban J connectivity index is 3.43. The van der Waals surface area contributed by atoms with Crippen LogP contribution in [0, 0.1) is 0 Å². The van der Waals surface area contributed by atoms with E-state index in [-0.39, 0.29) is 25.2 Å². The van der Waals surface area contributed by atoms with E-state index in [0.717, 1.165) is 44.9 Å². The van der Waals surface area contributed by atoms with E-state index in [0.29, 0.717) is 12.8 Å². The summed E-state index contributed by atoms with van der Waals surface area (Å²) in [7, 11) is 0. The van der Waals surface area contributed by atoms with Gasteiger partial charge in [0.2, 0.25) is 0 Å². The Morgan fingerprint density at radius 3 is 1.18 bits per heavy atom. The molecule has 0 aliphatic rings. The second kappa shape index (κ2) is 36.8. The van der Waals surface area contributed by atoms with Crippen molar-refractivity contribution in [3.63, 3.8) is 0 Å². The number of carbonyl (C=O) groups excluding carboxylic acids is 2. The lowest BCUT2D eigenvalue weighted by Crippen LogP contribution is -2.25. The zero-order valence-corrected chi connectivity index (χ0v) is 29.9. The fraction of sp³-hybridized carbons (Fsp3) is 0.850. The highest BCUT2D eigenvalue weighted by Crippen LogP contribution is 2.14. The number of unbranched alkanes of at least 4 members (excludes halogenated alkanes) is 23. The van der Waals surface area contributed by atoms with Gasteiger partial charge in [-0.1, -0.05) is 167 Å². The largest absolute Gasteiger partial charge is 0.463 e. The normalized spacial score (nSPS) is 12.3. The summed E-state index contributed by atoms with van der Waals surface area (Å²) in [6, 6.07) is 0. The molecule has 0 aliphatic carbocycles. The molecule has 0 saturated carbocycles. The number of carbonyl (C=O) groups is 2. The van der Waals surface area contributed by atoms with E-state index < -0.39 is 6.10 Å². The van der Waals surface area contributed by atoms with Gasteiger partial charge in [0.25, 0.3) is 0 Å². The van der Waals surface area contributed by atoms with Gasteiger partial charge < -0.3 is 14.6 Å². The first-order valence-corrected chi connectivity index (χ1v) is 19.4. The summed E-state index contributed by atoms with van der Waals surface area (Å²) in [6.07, 6.45) is 42.3. The highest BCUT2D eigenvalue weighted by Gasteiger charge is 2.12. The first-order chi connectivity index (χ1) is 22.1. The standard InChI is InChI=1S/C40H74O5/c1-3-5-7-9-11-13-15-17-19-21-23-25-27-29-31-33-35-40(43)45-37-38(41)36-44-39(42)34-32-30-28-26-24-22-20-18-16-14-12-10-8-6-4-2/h12,14,18,20,38,41H,3-11,13,15-17,19,21-37H2,1-2H3/b14-12+,20-18-/t38-/m0/s1. The monoisotopic (exact) mass is 635 g/mol. The second-order valence-electron chi connectivity index (χ2n) is 13.1. The van der Waals surface area contributed by atoms with Crippen molar-refractivity contribution in [1.29, 1.82) is 0 Å². The van der Waals surface area contributed by atoms with Crippen LogP contribution >= 0.6 is 0 Å². The minimum atomic E-state index is -0.965. The van der Waals surface area contributed by atoms with Gasteiger partial charge in [-0.15, -0.1) is 0 Å². The van der Waals surface area contributed by atoms with E-state index >= 15 is 0 Å². The number of ether oxygens (including phenoxy) is 2. The Hall–Kier alpha value is -1.62. The average molecular weight is 635 g/mol. The molecule has 5 nitrogen and oxygen atoms in total. The van der Waals surface area contributed by atoms with Crippen LogP contribution in [-0.4, -0.2) is 36.4 Å². The molecule has 0 aliphatic heterocycles. The van der Waals surface area contributed by atoms with Gasteiger partial charge in [0.05, 0.1) is 0 Å². The number of esters is 2. The quantitative estimate of drug-likeness (QED) is 0.0426. The van der Waals surface area contributed by atoms with E-state index in [9.17, 15) is 14.7 Å². The zero-order valence-electron chi connectivity index (χ0n) is 29.9. The van der Waals surface area contributed by atoms with Gasteiger partial charge in [0.1, 0.15) is 19.3 Å². The summed E-state index contributed by atoms with van der Waals surface area (Å²) < 4.78 is 10.3. The first kappa shape index (κ1) is 43.4. The third-order valence-electron chi connectivity index (χ3n) is 8.44. The average Bonchev–Trinajstić information content (AvgIpc) is 3.04. The summed E-state index contributed by atoms with van der Waals surface area (Å²) >= 11 is 0. The molecule has 1 N–H and O–H groups in total. The topological polar surface area (TPSA) is 72.8 Å². The molecule has 0 heterocycles. The second-order valence-corrected chi connectivity index (χ2v) is 13.1.